The summed E-state index contributed by atoms with van der Waals surface area (Å²) in [6.45, 7) is 3.56. The van der Waals surface area contributed by atoms with Crippen molar-refractivity contribution in [3.8, 4) is 6.07 Å². The molecule has 1 aromatic rings. The minimum absolute atomic E-state index is 0.419. The second-order valence-corrected chi connectivity index (χ2v) is 2.91. The van der Waals surface area contributed by atoms with E-state index in [0.717, 1.165) is 5.56 Å². The summed E-state index contributed by atoms with van der Waals surface area (Å²) in [5.41, 5.74) is 7.62. The van der Waals surface area contributed by atoms with Crippen molar-refractivity contribution in [1.29, 1.82) is 5.26 Å². The summed E-state index contributed by atoms with van der Waals surface area (Å²) in [4.78, 5) is 10.9. The Bertz CT molecular complexity index is 402. The van der Waals surface area contributed by atoms with Crippen LogP contribution in [0.5, 0.6) is 0 Å². The lowest BCUT2D eigenvalue weighted by atomic mass is 9.98. The first-order valence-electron chi connectivity index (χ1n) is 3.88. The standard InChI is InChI=1S/C10H10N2O/c1-6-3-4-8(10(12)13)7(2)9(6)5-11/h3-4H,1-2H3,(H2,12,13). The quantitative estimate of drug-likeness (QED) is 0.696. The lowest BCUT2D eigenvalue weighted by Gasteiger charge is -2.05. The Morgan fingerprint density at radius 3 is 2.54 bits per heavy atom. The van der Waals surface area contributed by atoms with E-state index in [1.165, 1.54) is 0 Å². The van der Waals surface area contributed by atoms with Crippen LogP contribution in [0.3, 0.4) is 0 Å². The van der Waals surface area contributed by atoms with Gasteiger partial charge in [-0.25, -0.2) is 0 Å². The van der Waals surface area contributed by atoms with Crippen LogP contribution in [0.15, 0.2) is 12.1 Å². The molecule has 1 amide bonds. The maximum atomic E-state index is 10.9. The van der Waals surface area contributed by atoms with Gasteiger partial charge in [-0.1, -0.05) is 6.07 Å². The SMILES string of the molecule is Cc1ccc(C(N)=O)c(C)c1C#N. The summed E-state index contributed by atoms with van der Waals surface area (Å²) in [7, 11) is 0. The van der Waals surface area contributed by atoms with Crippen LogP contribution in [0.4, 0.5) is 0 Å². The van der Waals surface area contributed by atoms with Gasteiger partial charge in [-0.2, -0.15) is 5.26 Å². The number of carbonyl (C=O) groups is 1. The second-order valence-electron chi connectivity index (χ2n) is 2.91. The molecule has 0 aromatic heterocycles. The van der Waals surface area contributed by atoms with Crippen LogP contribution in [0.25, 0.3) is 0 Å². The lowest BCUT2D eigenvalue weighted by Crippen LogP contribution is -2.13. The fraction of sp³-hybridized carbons (Fsp3) is 0.200. The molecule has 0 aliphatic heterocycles. The Kier molecular flexibility index (Phi) is 2.34. The van der Waals surface area contributed by atoms with Gasteiger partial charge >= 0.3 is 0 Å². The predicted octanol–water partition coefficient (Wildman–Crippen LogP) is 1.27. The van der Waals surface area contributed by atoms with Crippen molar-refractivity contribution in [2.45, 2.75) is 13.8 Å². The molecule has 0 aliphatic rings. The van der Waals surface area contributed by atoms with Gasteiger partial charge in [0.15, 0.2) is 0 Å². The van der Waals surface area contributed by atoms with Crippen LogP contribution >= 0.6 is 0 Å². The maximum absolute atomic E-state index is 10.9. The number of hydrogen-bond donors (Lipinski definition) is 1. The summed E-state index contributed by atoms with van der Waals surface area (Å²) in [6.07, 6.45) is 0. The van der Waals surface area contributed by atoms with Crippen LogP contribution in [0.2, 0.25) is 0 Å². The van der Waals surface area contributed by atoms with Gasteiger partial charge in [0.2, 0.25) is 5.91 Å². The first-order chi connectivity index (χ1) is 6.07. The molecule has 0 radical (unpaired) electrons. The van der Waals surface area contributed by atoms with E-state index in [1.54, 1.807) is 19.1 Å². The maximum Gasteiger partial charge on any atom is 0.249 e. The average Bonchev–Trinajstić information content (AvgIpc) is 2.04. The Hall–Kier alpha value is -1.82. The Balaban J connectivity index is 3.47. The molecule has 1 rings (SSSR count). The molecule has 0 unspecified atom stereocenters. The normalized spacial score (nSPS) is 9.31. The van der Waals surface area contributed by atoms with E-state index in [1.807, 2.05) is 6.92 Å². The van der Waals surface area contributed by atoms with Gasteiger partial charge in [-0.05, 0) is 31.0 Å². The van der Waals surface area contributed by atoms with Crippen LogP contribution in [-0.2, 0) is 0 Å². The van der Waals surface area contributed by atoms with Gasteiger partial charge < -0.3 is 5.73 Å². The largest absolute Gasteiger partial charge is 0.366 e. The molecule has 0 bridgehead atoms. The molecular weight excluding hydrogens is 164 g/mol. The molecule has 3 nitrogen and oxygen atoms in total. The Labute approximate surface area is 76.8 Å². The molecule has 0 heterocycles. The fourth-order valence-electron chi connectivity index (χ4n) is 1.29. The highest BCUT2D eigenvalue weighted by Gasteiger charge is 2.09. The van der Waals surface area contributed by atoms with E-state index < -0.39 is 5.91 Å². The van der Waals surface area contributed by atoms with Gasteiger partial charge in [-0.15, -0.1) is 0 Å². The summed E-state index contributed by atoms with van der Waals surface area (Å²) in [5.74, 6) is -0.492. The molecule has 66 valence electrons. The molecule has 0 spiro atoms. The van der Waals surface area contributed by atoms with Gasteiger partial charge in [-0.3, -0.25) is 4.79 Å². The van der Waals surface area contributed by atoms with Crippen LogP contribution in [0.1, 0.15) is 27.0 Å². The van der Waals surface area contributed by atoms with Crippen molar-refractivity contribution in [1.82, 2.24) is 0 Å². The third-order valence-corrected chi connectivity index (χ3v) is 2.05. The van der Waals surface area contributed by atoms with E-state index in [9.17, 15) is 4.79 Å². The molecule has 0 atom stereocenters. The van der Waals surface area contributed by atoms with Gasteiger partial charge in [0.05, 0.1) is 11.6 Å². The zero-order valence-electron chi connectivity index (χ0n) is 7.59. The summed E-state index contributed by atoms with van der Waals surface area (Å²) in [6, 6.07) is 5.43. The van der Waals surface area contributed by atoms with E-state index in [4.69, 9.17) is 11.0 Å². The number of nitrogens with zero attached hydrogens (tertiary/aromatic N) is 1. The topological polar surface area (TPSA) is 66.9 Å². The van der Waals surface area contributed by atoms with Crippen molar-refractivity contribution in [2.24, 2.45) is 5.73 Å². The monoisotopic (exact) mass is 174 g/mol. The first-order valence-corrected chi connectivity index (χ1v) is 3.88. The third kappa shape index (κ3) is 1.52. The predicted molar refractivity (Wildman–Crippen MR) is 49.1 cm³/mol. The highest BCUT2D eigenvalue weighted by atomic mass is 16.1. The Morgan fingerprint density at radius 1 is 1.46 bits per heavy atom. The first kappa shape index (κ1) is 9.27. The zero-order valence-corrected chi connectivity index (χ0v) is 7.59. The number of carbonyl (C=O) groups excluding carboxylic acids is 1. The third-order valence-electron chi connectivity index (χ3n) is 2.05. The highest BCUT2D eigenvalue weighted by Crippen LogP contribution is 2.16. The molecule has 0 fully saturated rings. The van der Waals surface area contributed by atoms with Crippen molar-refractivity contribution in [3.05, 3.63) is 34.4 Å². The fourth-order valence-corrected chi connectivity index (χ4v) is 1.29. The number of nitrogens with two attached hydrogens (primary N) is 1. The molecule has 13 heavy (non-hydrogen) atoms. The van der Waals surface area contributed by atoms with Crippen LogP contribution < -0.4 is 5.73 Å². The minimum Gasteiger partial charge on any atom is -0.366 e. The van der Waals surface area contributed by atoms with Crippen LogP contribution in [0, 0.1) is 25.2 Å². The van der Waals surface area contributed by atoms with E-state index >= 15 is 0 Å². The number of aryl methyl sites for hydroxylation is 1. The number of rotatable bonds is 1. The van der Waals surface area contributed by atoms with E-state index in [0.29, 0.717) is 16.7 Å². The number of amides is 1. The van der Waals surface area contributed by atoms with Gasteiger partial charge in [0, 0.05) is 5.56 Å². The van der Waals surface area contributed by atoms with Crippen LogP contribution in [-0.4, -0.2) is 5.91 Å². The lowest BCUT2D eigenvalue weighted by molar-refractivity contribution is 0.0999. The van der Waals surface area contributed by atoms with Crippen molar-refractivity contribution >= 4 is 5.91 Å². The summed E-state index contributed by atoms with van der Waals surface area (Å²) < 4.78 is 0. The Morgan fingerprint density at radius 2 is 2.08 bits per heavy atom. The number of nitriles is 1. The van der Waals surface area contributed by atoms with E-state index in [2.05, 4.69) is 6.07 Å². The van der Waals surface area contributed by atoms with Gasteiger partial charge in [0.1, 0.15) is 0 Å². The van der Waals surface area contributed by atoms with Crippen molar-refractivity contribution in [3.63, 3.8) is 0 Å². The zero-order chi connectivity index (χ0) is 10.0. The van der Waals surface area contributed by atoms with E-state index in [-0.39, 0.29) is 0 Å². The van der Waals surface area contributed by atoms with Gasteiger partial charge in [0.25, 0.3) is 0 Å². The molecule has 0 saturated carbocycles. The summed E-state index contributed by atoms with van der Waals surface area (Å²) >= 11 is 0. The molecule has 1 aromatic carbocycles. The highest BCUT2D eigenvalue weighted by molar-refractivity contribution is 5.95. The smallest absolute Gasteiger partial charge is 0.249 e. The molecule has 3 heteroatoms. The van der Waals surface area contributed by atoms with Crippen molar-refractivity contribution in [2.75, 3.05) is 0 Å². The molecule has 0 saturated heterocycles. The van der Waals surface area contributed by atoms with Crippen molar-refractivity contribution < 1.29 is 4.79 Å². The average molecular weight is 174 g/mol. The molecular formula is C10H10N2O. The molecule has 0 aliphatic carbocycles. The second kappa shape index (κ2) is 3.28. The minimum atomic E-state index is -0.492. The number of benzene rings is 1. The molecule has 2 N–H and O–H groups in total. The number of primary amides is 1. The number of hydrogen-bond acceptors (Lipinski definition) is 2. The summed E-state index contributed by atoms with van der Waals surface area (Å²) in [5, 5.41) is 8.80.